The third kappa shape index (κ3) is 1.65. The van der Waals surface area contributed by atoms with Crippen LogP contribution in [0.2, 0.25) is 0 Å². The number of imide groups is 1. The number of carbonyl (C=O) groups excluding carboxylic acids is 2. The van der Waals surface area contributed by atoms with Gasteiger partial charge in [-0.25, -0.2) is 0 Å². The monoisotopic (exact) mass is 242 g/mol. The first-order chi connectivity index (χ1) is 8.68. The van der Waals surface area contributed by atoms with Crippen molar-refractivity contribution >= 4 is 11.8 Å². The summed E-state index contributed by atoms with van der Waals surface area (Å²) in [5.41, 5.74) is 1.11. The number of amides is 2. The highest BCUT2D eigenvalue weighted by molar-refractivity contribution is 6.21. The number of fused-ring (bicyclic) bond motifs is 1. The predicted octanol–water partition coefficient (Wildman–Crippen LogP) is 2.68. The van der Waals surface area contributed by atoms with Crippen molar-refractivity contribution in [3.05, 3.63) is 42.3 Å². The van der Waals surface area contributed by atoms with E-state index in [0.29, 0.717) is 17.0 Å². The van der Waals surface area contributed by atoms with E-state index in [1.165, 1.54) is 4.90 Å². The van der Waals surface area contributed by atoms with E-state index < -0.39 is 0 Å². The van der Waals surface area contributed by atoms with Gasteiger partial charge in [0.05, 0.1) is 11.1 Å². The quantitative estimate of drug-likeness (QED) is 0.710. The second kappa shape index (κ2) is 4.23. The highest BCUT2D eigenvalue weighted by atomic mass is 16.2. The van der Waals surface area contributed by atoms with E-state index in [2.05, 4.69) is 6.92 Å². The molecule has 1 aromatic carbocycles. The van der Waals surface area contributed by atoms with E-state index in [1.807, 2.05) is 0 Å². The zero-order valence-electron chi connectivity index (χ0n) is 10.3. The molecule has 1 radical (unpaired) electrons. The number of hydrogen-bond acceptors (Lipinski definition) is 2. The number of hydrogen-bond donors (Lipinski definition) is 0. The van der Waals surface area contributed by atoms with Gasteiger partial charge in [0.2, 0.25) is 0 Å². The first kappa shape index (κ1) is 11.5. The summed E-state index contributed by atoms with van der Waals surface area (Å²) in [5.74, 6) is 0.225. The van der Waals surface area contributed by atoms with Crippen LogP contribution in [0.15, 0.2) is 24.3 Å². The van der Waals surface area contributed by atoms with Gasteiger partial charge in [0.25, 0.3) is 11.8 Å². The molecule has 1 heterocycles. The van der Waals surface area contributed by atoms with Crippen molar-refractivity contribution in [2.75, 3.05) is 0 Å². The molecule has 0 aromatic heterocycles. The molecule has 1 fully saturated rings. The number of nitrogens with zero attached hydrogens (tertiary/aromatic N) is 1. The van der Waals surface area contributed by atoms with Crippen molar-refractivity contribution in [1.29, 1.82) is 0 Å². The molecular formula is C15H16NO2. The van der Waals surface area contributed by atoms with Crippen LogP contribution >= 0.6 is 0 Å². The molecule has 3 nitrogen and oxygen atoms in total. The fraction of sp³-hybridized carbons (Fsp3) is 0.400. The van der Waals surface area contributed by atoms with E-state index in [-0.39, 0.29) is 17.9 Å². The summed E-state index contributed by atoms with van der Waals surface area (Å²) in [6.07, 6.45) is 3.77. The molecule has 0 atom stereocenters. The summed E-state index contributed by atoms with van der Waals surface area (Å²) in [6, 6.07) is 7.15. The van der Waals surface area contributed by atoms with Gasteiger partial charge in [-0.3, -0.25) is 14.5 Å². The summed E-state index contributed by atoms with van der Waals surface area (Å²) in [4.78, 5) is 26.0. The van der Waals surface area contributed by atoms with E-state index in [0.717, 1.165) is 25.7 Å². The first-order valence-electron chi connectivity index (χ1n) is 6.48. The van der Waals surface area contributed by atoms with Gasteiger partial charge in [-0.1, -0.05) is 19.1 Å². The highest BCUT2D eigenvalue weighted by Gasteiger charge is 2.40. The largest absolute Gasteiger partial charge is 0.271 e. The Bertz CT molecular complexity index is 466. The lowest BCUT2D eigenvalue weighted by atomic mass is 9.86. The molecule has 1 aromatic rings. The van der Waals surface area contributed by atoms with Gasteiger partial charge < -0.3 is 0 Å². The Morgan fingerprint density at radius 3 is 1.94 bits per heavy atom. The molecule has 0 N–H and O–H groups in total. The van der Waals surface area contributed by atoms with Gasteiger partial charge in [0.1, 0.15) is 0 Å². The van der Waals surface area contributed by atoms with Crippen molar-refractivity contribution in [3.63, 3.8) is 0 Å². The average Bonchev–Trinajstić information content (AvgIpc) is 2.64. The third-order valence-corrected chi connectivity index (χ3v) is 4.01. The minimum Gasteiger partial charge on any atom is -0.271 e. The van der Waals surface area contributed by atoms with E-state index >= 15 is 0 Å². The maximum absolute atomic E-state index is 12.3. The fourth-order valence-corrected chi connectivity index (χ4v) is 2.94. The van der Waals surface area contributed by atoms with Crippen LogP contribution in [0.1, 0.15) is 46.4 Å². The molecule has 1 aliphatic carbocycles. The summed E-state index contributed by atoms with van der Waals surface area (Å²) in [6.45, 7) is 4.05. The Morgan fingerprint density at radius 2 is 1.44 bits per heavy atom. The second-order valence-corrected chi connectivity index (χ2v) is 5.20. The molecule has 0 unspecified atom stereocenters. The van der Waals surface area contributed by atoms with Gasteiger partial charge >= 0.3 is 0 Å². The maximum atomic E-state index is 12.3. The average molecular weight is 242 g/mol. The maximum Gasteiger partial charge on any atom is 0.261 e. The van der Waals surface area contributed by atoms with Crippen LogP contribution in [0, 0.1) is 12.8 Å². The highest BCUT2D eigenvalue weighted by Crippen LogP contribution is 2.32. The Kier molecular flexibility index (Phi) is 2.69. The molecular weight excluding hydrogens is 226 g/mol. The van der Waals surface area contributed by atoms with Crippen LogP contribution in [0.3, 0.4) is 0 Å². The topological polar surface area (TPSA) is 37.4 Å². The molecule has 3 heteroatoms. The molecule has 3 rings (SSSR count). The molecule has 0 bridgehead atoms. The normalized spacial score (nSPS) is 27.5. The molecule has 0 spiro atoms. The van der Waals surface area contributed by atoms with Crippen LogP contribution < -0.4 is 0 Å². The lowest BCUT2D eigenvalue weighted by Crippen LogP contribution is -2.41. The van der Waals surface area contributed by atoms with E-state index in [4.69, 9.17) is 0 Å². The standard InChI is InChI=1S/C15H16NO2/c1-10-6-8-11(9-7-10)16-14(17)12-4-2-3-5-13(12)15(16)18/h2-5,10-11H,1,6-9H2. The lowest BCUT2D eigenvalue weighted by molar-refractivity contribution is 0.0537. The predicted molar refractivity (Wildman–Crippen MR) is 68.0 cm³/mol. The summed E-state index contributed by atoms with van der Waals surface area (Å²) < 4.78 is 0. The van der Waals surface area contributed by atoms with Crippen molar-refractivity contribution in [2.24, 2.45) is 5.92 Å². The van der Waals surface area contributed by atoms with Crippen LogP contribution in [-0.4, -0.2) is 22.8 Å². The minimum absolute atomic E-state index is 0.0652. The lowest BCUT2D eigenvalue weighted by Gasteiger charge is -2.32. The second-order valence-electron chi connectivity index (χ2n) is 5.20. The molecule has 1 aliphatic heterocycles. The van der Waals surface area contributed by atoms with Crippen LogP contribution in [0.4, 0.5) is 0 Å². The molecule has 0 saturated heterocycles. The van der Waals surface area contributed by atoms with Crippen molar-refractivity contribution in [3.8, 4) is 0 Å². The molecule has 18 heavy (non-hydrogen) atoms. The summed E-state index contributed by atoms with van der Waals surface area (Å²) in [5, 5.41) is 0. The van der Waals surface area contributed by atoms with Crippen LogP contribution in [0.5, 0.6) is 0 Å². The van der Waals surface area contributed by atoms with Gasteiger partial charge in [0, 0.05) is 6.04 Å². The Hall–Kier alpha value is -1.64. The van der Waals surface area contributed by atoms with Crippen molar-refractivity contribution < 1.29 is 9.59 Å². The van der Waals surface area contributed by atoms with Crippen molar-refractivity contribution in [2.45, 2.75) is 31.7 Å². The first-order valence-corrected chi connectivity index (χ1v) is 6.48. The van der Waals surface area contributed by atoms with Crippen LogP contribution in [-0.2, 0) is 0 Å². The van der Waals surface area contributed by atoms with Crippen molar-refractivity contribution in [1.82, 2.24) is 4.90 Å². The molecule has 2 aliphatic rings. The Labute approximate surface area is 107 Å². The zero-order chi connectivity index (χ0) is 12.7. The molecule has 93 valence electrons. The summed E-state index contributed by atoms with van der Waals surface area (Å²) >= 11 is 0. The molecule has 2 amide bonds. The number of rotatable bonds is 1. The van der Waals surface area contributed by atoms with E-state index in [9.17, 15) is 9.59 Å². The SMILES string of the molecule is [CH2]C1CCC(N2C(=O)c3ccccc3C2=O)CC1. The Morgan fingerprint density at radius 1 is 0.944 bits per heavy atom. The zero-order valence-corrected chi connectivity index (χ0v) is 10.3. The minimum atomic E-state index is -0.122. The summed E-state index contributed by atoms with van der Waals surface area (Å²) in [7, 11) is 0. The smallest absolute Gasteiger partial charge is 0.261 e. The van der Waals surface area contributed by atoms with Crippen LogP contribution in [0.25, 0.3) is 0 Å². The molecule has 1 saturated carbocycles. The van der Waals surface area contributed by atoms with Gasteiger partial charge in [-0.05, 0) is 43.7 Å². The number of benzene rings is 1. The van der Waals surface area contributed by atoms with Gasteiger partial charge in [-0.2, -0.15) is 0 Å². The number of carbonyl (C=O) groups is 2. The van der Waals surface area contributed by atoms with E-state index in [1.54, 1.807) is 24.3 Å². The third-order valence-electron chi connectivity index (χ3n) is 4.01. The van der Waals surface area contributed by atoms with Gasteiger partial charge in [-0.15, -0.1) is 0 Å². The fourth-order valence-electron chi connectivity index (χ4n) is 2.94. The van der Waals surface area contributed by atoms with Gasteiger partial charge in [0.15, 0.2) is 0 Å². The Balaban J connectivity index is 1.88.